The van der Waals surface area contributed by atoms with E-state index in [1.54, 1.807) is 6.26 Å². The highest BCUT2D eigenvalue weighted by molar-refractivity contribution is 5.92. The van der Waals surface area contributed by atoms with Gasteiger partial charge in [-0.15, -0.1) is 0 Å². The second-order valence-corrected chi connectivity index (χ2v) is 4.10. The zero-order valence-corrected chi connectivity index (χ0v) is 10.3. The van der Waals surface area contributed by atoms with Gasteiger partial charge < -0.3 is 15.1 Å². The Hall–Kier alpha value is -2.07. The molecule has 2 N–H and O–H groups in total. The Balaban J connectivity index is 1.73. The lowest BCUT2D eigenvalue weighted by Gasteiger charge is -2.06. The van der Waals surface area contributed by atoms with E-state index in [4.69, 9.17) is 4.42 Å². The summed E-state index contributed by atoms with van der Waals surface area (Å²) in [5, 5.41) is 5.83. The third-order valence-corrected chi connectivity index (χ3v) is 2.50. The molecule has 1 aromatic carbocycles. The Labute approximate surface area is 106 Å². The fourth-order valence-electron chi connectivity index (χ4n) is 1.55. The number of furan rings is 1. The van der Waals surface area contributed by atoms with Crippen molar-refractivity contribution in [1.29, 1.82) is 0 Å². The van der Waals surface area contributed by atoms with Gasteiger partial charge in [-0.1, -0.05) is 17.7 Å². The molecule has 0 radical (unpaired) electrons. The number of hydrogen-bond acceptors (Lipinski definition) is 3. The van der Waals surface area contributed by atoms with Crippen LogP contribution in [0.4, 0.5) is 5.69 Å². The van der Waals surface area contributed by atoms with E-state index in [0.29, 0.717) is 6.54 Å². The molecule has 2 rings (SSSR count). The lowest BCUT2D eigenvalue weighted by atomic mass is 10.2. The minimum absolute atomic E-state index is 0.0644. The molecule has 0 aliphatic rings. The van der Waals surface area contributed by atoms with Crippen molar-refractivity contribution in [3.8, 4) is 0 Å². The molecule has 2 aromatic rings. The van der Waals surface area contributed by atoms with Crippen LogP contribution in [-0.4, -0.2) is 12.5 Å². The Morgan fingerprint density at radius 3 is 2.67 bits per heavy atom. The molecule has 0 unspecified atom stereocenters. The maximum absolute atomic E-state index is 11.6. The largest absolute Gasteiger partial charge is 0.468 e. The highest BCUT2D eigenvalue weighted by Crippen LogP contribution is 2.08. The van der Waals surface area contributed by atoms with Crippen LogP contribution in [0.3, 0.4) is 0 Å². The van der Waals surface area contributed by atoms with Crippen LogP contribution in [0.5, 0.6) is 0 Å². The molecule has 0 saturated carbocycles. The third kappa shape index (κ3) is 3.75. The van der Waals surface area contributed by atoms with Gasteiger partial charge in [-0.2, -0.15) is 0 Å². The quantitative estimate of drug-likeness (QED) is 0.848. The highest BCUT2D eigenvalue weighted by Gasteiger charge is 2.02. The first kappa shape index (κ1) is 12.4. The average Bonchev–Trinajstić information content (AvgIpc) is 2.85. The van der Waals surface area contributed by atoms with Gasteiger partial charge in [-0.05, 0) is 31.2 Å². The van der Waals surface area contributed by atoms with Crippen molar-refractivity contribution in [1.82, 2.24) is 5.32 Å². The number of anilines is 1. The number of hydrogen-bond donors (Lipinski definition) is 2. The second kappa shape index (κ2) is 6.02. The number of amides is 1. The summed E-state index contributed by atoms with van der Waals surface area (Å²) in [5.74, 6) is 0.753. The molecule has 0 spiro atoms. The maximum atomic E-state index is 11.6. The molecular formula is C14H16N2O2. The zero-order valence-electron chi connectivity index (χ0n) is 10.3. The van der Waals surface area contributed by atoms with Crippen molar-refractivity contribution >= 4 is 11.6 Å². The van der Waals surface area contributed by atoms with E-state index in [1.807, 2.05) is 43.3 Å². The maximum Gasteiger partial charge on any atom is 0.238 e. The first-order valence-electron chi connectivity index (χ1n) is 5.83. The summed E-state index contributed by atoms with van der Waals surface area (Å²) < 4.78 is 5.15. The lowest BCUT2D eigenvalue weighted by molar-refractivity contribution is -0.115. The first-order chi connectivity index (χ1) is 8.74. The molecule has 1 amide bonds. The molecule has 0 atom stereocenters. The van der Waals surface area contributed by atoms with E-state index in [2.05, 4.69) is 10.6 Å². The molecule has 18 heavy (non-hydrogen) atoms. The van der Waals surface area contributed by atoms with E-state index in [-0.39, 0.29) is 12.5 Å². The molecule has 1 heterocycles. The van der Waals surface area contributed by atoms with Crippen molar-refractivity contribution in [3.63, 3.8) is 0 Å². The van der Waals surface area contributed by atoms with Crippen LogP contribution >= 0.6 is 0 Å². The molecule has 0 bridgehead atoms. The van der Waals surface area contributed by atoms with Crippen LogP contribution in [0.1, 0.15) is 11.3 Å². The number of rotatable bonds is 5. The summed E-state index contributed by atoms with van der Waals surface area (Å²) in [6, 6.07) is 11.4. The van der Waals surface area contributed by atoms with Crippen LogP contribution < -0.4 is 10.6 Å². The fraction of sp³-hybridized carbons (Fsp3) is 0.214. The summed E-state index contributed by atoms with van der Waals surface area (Å²) >= 11 is 0. The molecule has 1 aromatic heterocycles. The Morgan fingerprint density at radius 2 is 2.00 bits per heavy atom. The summed E-state index contributed by atoms with van der Waals surface area (Å²) in [6.07, 6.45) is 1.61. The van der Waals surface area contributed by atoms with Crippen LogP contribution in [0.15, 0.2) is 47.1 Å². The van der Waals surface area contributed by atoms with Crippen molar-refractivity contribution in [2.45, 2.75) is 13.5 Å². The minimum atomic E-state index is -0.0644. The smallest absolute Gasteiger partial charge is 0.238 e. The van der Waals surface area contributed by atoms with Gasteiger partial charge in [0.2, 0.25) is 5.91 Å². The summed E-state index contributed by atoms with van der Waals surface area (Å²) in [5.41, 5.74) is 1.98. The Bertz CT molecular complexity index is 489. The number of aryl methyl sites for hydroxylation is 1. The van der Waals surface area contributed by atoms with Crippen LogP contribution in [0, 0.1) is 6.92 Å². The van der Waals surface area contributed by atoms with Crippen molar-refractivity contribution in [3.05, 3.63) is 54.0 Å². The standard InChI is InChI=1S/C14H16N2O2/c1-11-4-6-12(7-5-11)16-14(17)10-15-9-13-3-2-8-18-13/h2-8,15H,9-10H2,1H3,(H,16,17). The van der Waals surface area contributed by atoms with Gasteiger partial charge in [0, 0.05) is 5.69 Å². The van der Waals surface area contributed by atoms with Gasteiger partial charge in [0.1, 0.15) is 5.76 Å². The van der Waals surface area contributed by atoms with Gasteiger partial charge in [0.15, 0.2) is 0 Å². The van der Waals surface area contributed by atoms with E-state index in [9.17, 15) is 4.79 Å². The monoisotopic (exact) mass is 244 g/mol. The van der Waals surface area contributed by atoms with Gasteiger partial charge in [-0.3, -0.25) is 4.79 Å². The average molecular weight is 244 g/mol. The molecule has 4 heteroatoms. The minimum Gasteiger partial charge on any atom is -0.468 e. The molecule has 0 aliphatic heterocycles. The fourth-order valence-corrected chi connectivity index (χ4v) is 1.55. The zero-order chi connectivity index (χ0) is 12.8. The molecule has 0 aliphatic carbocycles. The summed E-state index contributed by atoms with van der Waals surface area (Å²) in [7, 11) is 0. The van der Waals surface area contributed by atoms with Crippen molar-refractivity contribution in [2.24, 2.45) is 0 Å². The van der Waals surface area contributed by atoms with Gasteiger partial charge in [0.25, 0.3) is 0 Å². The lowest BCUT2D eigenvalue weighted by Crippen LogP contribution is -2.27. The predicted molar refractivity (Wildman–Crippen MR) is 70.2 cm³/mol. The Morgan fingerprint density at radius 1 is 1.22 bits per heavy atom. The van der Waals surface area contributed by atoms with Crippen molar-refractivity contribution in [2.75, 3.05) is 11.9 Å². The number of carbonyl (C=O) groups is 1. The Kier molecular flexibility index (Phi) is 4.15. The van der Waals surface area contributed by atoms with E-state index in [0.717, 1.165) is 11.4 Å². The summed E-state index contributed by atoms with van der Waals surface area (Å²) in [4.78, 5) is 11.6. The first-order valence-corrected chi connectivity index (χ1v) is 5.83. The van der Waals surface area contributed by atoms with Crippen molar-refractivity contribution < 1.29 is 9.21 Å². The van der Waals surface area contributed by atoms with Crippen LogP contribution in [-0.2, 0) is 11.3 Å². The van der Waals surface area contributed by atoms with Gasteiger partial charge in [0.05, 0.1) is 19.4 Å². The van der Waals surface area contributed by atoms with E-state index in [1.165, 1.54) is 5.56 Å². The van der Waals surface area contributed by atoms with Crippen LogP contribution in [0.2, 0.25) is 0 Å². The second-order valence-electron chi connectivity index (χ2n) is 4.10. The SMILES string of the molecule is Cc1ccc(NC(=O)CNCc2ccco2)cc1. The van der Waals surface area contributed by atoms with Gasteiger partial charge in [-0.25, -0.2) is 0 Å². The van der Waals surface area contributed by atoms with Gasteiger partial charge >= 0.3 is 0 Å². The number of carbonyl (C=O) groups excluding carboxylic acids is 1. The topological polar surface area (TPSA) is 54.3 Å². The number of benzene rings is 1. The molecule has 4 nitrogen and oxygen atoms in total. The third-order valence-electron chi connectivity index (χ3n) is 2.50. The normalized spacial score (nSPS) is 10.3. The van der Waals surface area contributed by atoms with E-state index < -0.39 is 0 Å². The molecular weight excluding hydrogens is 228 g/mol. The molecule has 94 valence electrons. The predicted octanol–water partition coefficient (Wildman–Crippen LogP) is 2.32. The summed E-state index contributed by atoms with van der Waals surface area (Å²) in [6.45, 7) is 2.82. The van der Waals surface area contributed by atoms with E-state index >= 15 is 0 Å². The highest BCUT2D eigenvalue weighted by atomic mass is 16.3. The molecule has 0 fully saturated rings. The molecule has 0 saturated heterocycles. The van der Waals surface area contributed by atoms with Crippen LogP contribution in [0.25, 0.3) is 0 Å². The number of nitrogens with one attached hydrogen (secondary N) is 2.